The number of nitrogens with one attached hydrogen (secondary N) is 1. The van der Waals surface area contributed by atoms with Crippen LogP contribution in [-0.2, 0) is 11.3 Å². The Balaban J connectivity index is 2.03. The van der Waals surface area contributed by atoms with Crippen LogP contribution in [0.4, 0.5) is 11.5 Å². The lowest BCUT2D eigenvalue weighted by molar-refractivity contribution is 0.0987. The average molecular weight is 491 g/mol. The van der Waals surface area contributed by atoms with E-state index in [0.29, 0.717) is 29.5 Å². The van der Waals surface area contributed by atoms with Gasteiger partial charge in [0.2, 0.25) is 0 Å². The van der Waals surface area contributed by atoms with Crippen molar-refractivity contribution in [2.75, 3.05) is 30.9 Å². The molecule has 2 heterocycles. The standard InChI is InChI=1S/C23H27ClN4O4S/c1-14(2)13-28-20(25)19(21(29)26-23(28)31)27(11-4-12-32-3)22(30)18-10-9-17(33-18)15-5-7-16(24)8-6-15/h5-10,14H,4,11-13,25H2,1-3H3,(H,26,29,31). The van der Waals surface area contributed by atoms with Crippen molar-refractivity contribution in [3.05, 3.63) is 67.1 Å². The van der Waals surface area contributed by atoms with Gasteiger partial charge in [-0.15, -0.1) is 11.3 Å². The first-order valence-electron chi connectivity index (χ1n) is 10.5. The molecule has 176 valence electrons. The third kappa shape index (κ3) is 5.73. The van der Waals surface area contributed by atoms with Gasteiger partial charge >= 0.3 is 5.69 Å². The molecule has 3 aromatic rings. The molecule has 0 aliphatic rings. The molecule has 0 spiro atoms. The molecule has 0 saturated carbocycles. The summed E-state index contributed by atoms with van der Waals surface area (Å²) in [6, 6.07) is 10.9. The number of halogens is 1. The summed E-state index contributed by atoms with van der Waals surface area (Å²) in [5, 5.41) is 0.627. The van der Waals surface area contributed by atoms with E-state index in [1.807, 2.05) is 32.0 Å². The molecule has 8 nitrogen and oxygen atoms in total. The summed E-state index contributed by atoms with van der Waals surface area (Å²) in [6.07, 6.45) is 0.486. The predicted octanol–water partition coefficient (Wildman–Crippen LogP) is 3.84. The van der Waals surface area contributed by atoms with E-state index >= 15 is 0 Å². The van der Waals surface area contributed by atoms with Crippen LogP contribution in [0.15, 0.2) is 46.0 Å². The van der Waals surface area contributed by atoms with E-state index in [1.165, 1.54) is 20.8 Å². The Hall–Kier alpha value is -2.88. The maximum Gasteiger partial charge on any atom is 0.330 e. The smallest absolute Gasteiger partial charge is 0.330 e. The molecule has 0 aliphatic heterocycles. The summed E-state index contributed by atoms with van der Waals surface area (Å²) in [6.45, 7) is 4.78. The van der Waals surface area contributed by atoms with Crippen LogP contribution in [0.2, 0.25) is 5.02 Å². The number of carbonyl (C=O) groups is 1. The first-order valence-corrected chi connectivity index (χ1v) is 11.7. The second-order valence-corrected chi connectivity index (χ2v) is 9.49. The van der Waals surface area contributed by atoms with Crippen LogP contribution in [0.5, 0.6) is 0 Å². The second-order valence-electron chi connectivity index (χ2n) is 7.97. The van der Waals surface area contributed by atoms with Gasteiger partial charge in [-0.05, 0) is 42.2 Å². The molecule has 33 heavy (non-hydrogen) atoms. The molecule has 3 rings (SSSR count). The fraction of sp³-hybridized carbons (Fsp3) is 0.348. The fourth-order valence-corrected chi connectivity index (χ4v) is 4.51. The van der Waals surface area contributed by atoms with Gasteiger partial charge in [-0.25, -0.2) is 4.79 Å². The number of methoxy groups -OCH3 is 1. The van der Waals surface area contributed by atoms with E-state index in [2.05, 4.69) is 4.98 Å². The van der Waals surface area contributed by atoms with Crippen LogP contribution in [0.3, 0.4) is 0 Å². The lowest BCUT2D eigenvalue weighted by Gasteiger charge is -2.24. The van der Waals surface area contributed by atoms with Crippen LogP contribution in [0.25, 0.3) is 10.4 Å². The van der Waals surface area contributed by atoms with E-state index in [1.54, 1.807) is 25.3 Å². The summed E-state index contributed by atoms with van der Waals surface area (Å²) < 4.78 is 6.42. The number of benzene rings is 1. The number of nitrogens with two attached hydrogens (primary N) is 1. The number of ether oxygens (including phenoxy) is 1. The lowest BCUT2D eigenvalue weighted by Crippen LogP contribution is -2.42. The number of hydrogen-bond acceptors (Lipinski definition) is 6. The van der Waals surface area contributed by atoms with E-state index in [-0.39, 0.29) is 29.9 Å². The molecule has 0 aliphatic carbocycles. The third-order valence-corrected chi connectivity index (χ3v) is 6.33. The number of thiophene rings is 1. The van der Waals surface area contributed by atoms with Gasteiger partial charge in [-0.3, -0.25) is 24.0 Å². The van der Waals surface area contributed by atoms with Crippen molar-refractivity contribution in [3.63, 3.8) is 0 Å². The highest BCUT2D eigenvalue weighted by atomic mass is 35.5. The number of hydrogen-bond donors (Lipinski definition) is 2. The average Bonchev–Trinajstić information content (AvgIpc) is 3.25. The predicted molar refractivity (Wildman–Crippen MR) is 134 cm³/mol. The van der Waals surface area contributed by atoms with Crippen LogP contribution >= 0.6 is 22.9 Å². The molecule has 0 bridgehead atoms. The summed E-state index contributed by atoms with van der Waals surface area (Å²) >= 11 is 7.28. The van der Waals surface area contributed by atoms with Gasteiger partial charge in [-0.1, -0.05) is 37.6 Å². The number of aromatic nitrogens is 2. The van der Waals surface area contributed by atoms with Crippen LogP contribution in [-0.4, -0.2) is 35.7 Å². The number of carbonyl (C=O) groups excluding carboxylic acids is 1. The number of H-pyrrole nitrogens is 1. The zero-order chi connectivity index (χ0) is 24.1. The van der Waals surface area contributed by atoms with Crippen molar-refractivity contribution in [2.45, 2.75) is 26.8 Å². The summed E-state index contributed by atoms with van der Waals surface area (Å²) in [5.41, 5.74) is 5.88. The molecule has 10 heteroatoms. The molecular weight excluding hydrogens is 464 g/mol. The van der Waals surface area contributed by atoms with Crippen LogP contribution in [0, 0.1) is 5.92 Å². The Kier molecular flexibility index (Phi) is 8.12. The number of amides is 1. The fourth-order valence-electron chi connectivity index (χ4n) is 3.42. The third-order valence-electron chi connectivity index (χ3n) is 4.95. The Labute approximate surface area is 200 Å². The maximum atomic E-state index is 13.5. The minimum atomic E-state index is -0.697. The van der Waals surface area contributed by atoms with E-state index in [9.17, 15) is 14.4 Å². The summed E-state index contributed by atoms with van der Waals surface area (Å²) in [5.74, 6) is -0.290. The van der Waals surface area contributed by atoms with Crippen molar-refractivity contribution >= 4 is 40.4 Å². The molecule has 3 N–H and O–H groups in total. The highest BCUT2D eigenvalue weighted by molar-refractivity contribution is 7.17. The largest absolute Gasteiger partial charge is 0.385 e. The second kappa shape index (κ2) is 10.8. The Morgan fingerprint density at radius 3 is 2.55 bits per heavy atom. The SMILES string of the molecule is COCCCN(C(=O)c1ccc(-c2ccc(Cl)cc2)s1)c1c(N)n(CC(C)C)c(=O)[nH]c1=O. The highest BCUT2D eigenvalue weighted by Crippen LogP contribution is 2.31. The molecule has 0 radical (unpaired) electrons. The van der Waals surface area contributed by atoms with Gasteiger partial charge < -0.3 is 10.5 Å². The van der Waals surface area contributed by atoms with Crippen molar-refractivity contribution in [1.29, 1.82) is 0 Å². The number of anilines is 2. The number of nitrogens with zero attached hydrogens (tertiary/aromatic N) is 2. The number of rotatable bonds is 9. The first-order chi connectivity index (χ1) is 15.7. The van der Waals surface area contributed by atoms with E-state index in [0.717, 1.165) is 10.4 Å². The molecule has 0 atom stereocenters. The van der Waals surface area contributed by atoms with Crippen molar-refractivity contribution < 1.29 is 9.53 Å². The number of nitrogen functional groups attached to an aromatic ring is 1. The topological polar surface area (TPSA) is 110 Å². The van der Waals surface area contributed by atoms with Crippen molar-refractivity contribution in [1.82, 2.24) is 9.55 Å². The van der Waals surface area contributed by atoms with E-state index < -0.39 is 11.2 Å². The monoisotopic (exact) mass is 490 g/mol. The van der Waals surface area contributed by atoms with Crippen LogP contribution in [0.1, 0.15) is 29.9 Å². The van der Waals surface area contributed by atoms with Gasteiger partial charge in [0, 0.05) is 36.7 Å². The van der Waals surface area contributed by atoms with Gasteiger partial charge in [0.05, 0.1) is 4.88 Å². The summed E-state index contributed by atoms with van der Waals surface area (Å²) in [7, 11) is 1.56. The minimum absolute atomic E-state index is 0.0298. The van der Waals surface area contributed by atoms with E-state index in [4.69, 9.17) is 22.1 Å². The van der Waals surface area contributed by atoms with Gasteiger partial charge in [0.15, 0.2) is 5.69 Å². The van der Waals surface area contributed by atoms with Crippen molar-refractivity contribution in [3.8, 4) is 10.4 Å². The van der Waals surface area contributed by atoms with Gasteiger partial charge in [0.1, 0.15) is 5.82 Å². The molecule has 1 aromatic carbocycles. The molecule has 0 fully saturated rings. The molecule has 0 saturated heterocycles. The zero-order valence-corrected chi connectivity index (χ0v) is 20.3. The van der Waals surface area contributed by atoms with Crippen molar-refractivity contribution in [2.24, 2.45) is 5.92 Å². The molecular formula is C23H27ClN4O4S. The first kappa shape index (κ1) is 24.8. The maximum absolute atomic E-state index is 13.5. The zero-order valence-electron chi connectivity index (χ0n) is 18.8. The molecule has 2 aromatic heterocycles. The highest BCUT2D eigenvalue weighted by Gasteiger charge is 2.26. The lowest BCUT2D eigenvalue weighted by atomic mass is 10.2. The Bertz CT molecular complexity index is 1230. The number of aromatic amines is 1. The normalized spacial score (nSPS) is 11.2. The Morgan fingerprint density at radius 1 is 1.21 bits per heavy atom. The van der Waals surface area contributed by atoms with Crippen LogP contribution < -0.4 is 21.9 Å². The summed E-state index contributed by atoms with van der Waals surface area (Å²) in [4.78, 5) is 43.6. The Morgan fingerprint density at radius 2 is 1.91 bits per heavy atom. The molecule has 0 unspecified atom stereocenters. The van der Waals surface area contributed by atoms with Gasteiger partial charge in [-0.2, -0.15) is 0 Å². The minimum Gasteiger partial charge on any atom is -0.385 e. The quantitative estimate of drug-likeness (QED) is 0.443. The van der Waals surface area contributed by atoms with Gasteiger partial charge in [0.25, 0.3) is 11.5 Å². The molecule has 1 amide bonds.